The fraction of sp³-hybridized carbons (Fsp3) is 0.900. The highest BCUT2D eigenvalue weighted by molar-refractivity contribution is 7.49. The number of allylic oxidation sites excluding steroid dienone is 2. The van der Waals surface area contributed by atoms with E-state index in [4.69, 9.17) is 73.5 Å². The van der Waals surface area contributed by atoms with Crippen molar-refractivity contribution in [2.45, 2.75) is 88.7 Å². The second-order valence-electron chi connectivity index (χ2n) is 7.39. The number of hydrogen-bond acceptors (Lipinski definition) is 8. The van der Waals surface area contributed by atoms with Crippen LogP contribution in [0.1, 0.15) is 67.2 Å². The molecule has 0 aliphatic rings. The van der Waals surface area contributed by atoms with Crippen LogP contribution in [0.3, 0.4) is 0 Å². The van der Waals surface area contributed by atoms with Gasteiger partial charge in [-0.2, -0.15) is 0 Å². The quantitative estimate of drug-likeness (QED) is 0.0769. The summed E-state index contributed by atoms with van der Waals surface area (Å²) >= 11 is 24.3. The molecular weight excluding hydrogens is 572 g/mol. The van der Waals surface area contributed by atoms with Crippen LogP contribution >= 0.6 is 62.0 Å². The number of alkyl halides is 4. The molecule has 0 aromatic heterocycles. The van der Waals surface area contributed by atoms with Crippen molar-refractivity contribution >= 4 is 62.0 Å². The van der Waals surface area contributed by atoms with Crippen molar-refractivity contribution in [1.29, 1.82) is 0 Å². The summed E-state index contributed by atoms with van der Waals surface area (Å²) in [5.74, 6) is -0.0336. The molecular formula is C20H38Cl4O8P2. The van der Waals surface area contributed by atoms with Gasteiger partial charge in [-0.05, 0) is 39.5 Å². The van der Waals surface area contributed by atoms with E-state index in [1.807, 2.05) is 27.7 Å². The topological polar surface area (TPSA) is 89.5 Å². The number of rotatable bonds is 20. The summed E-state index contributed by atoms with van der Waals surface area (Å²) < 4.78 is 58.9. The zero-order chi connectivity index (χ0) is 26.4. The number of halogens is 4. The van der Waals surface area contributed by atoms with Gasteiger partial charge in [-0.25, -0.2) is 9.13 Å². The van der Waals surface area contributed by atoms with Crippen LogP contribution in [0.5, 0.6) is 0 Å². The average molecular weight is 610 g/mol. The first-order valence-electron chi connectivity index (χ1n) is 11.2. The van der Waals surface area contributed by atoms with Crippen molar-refractivity contribution in [3.05, 3.63) is 11.5 Å². The molecule has 0 rings (SSSR count). The van der Waals surface area contributed by atoms with Gasteiger partial charge in [0.05, 0.1) is 47.9 Å². The second-order valence-corrected chi connectivity index (χ2v) is 13.1. The monoisotopic (exact) mass is 608 g/mol. The molecule has 0 aromatic rings. The minimum atomic E-state index is -4.12. The fourth-order valence-corrected chi connectivity index (χ4v) is 5.15. The Hall–Kier alpha value is 0.800. The molecule has 34 heavy (non-hydrogen) atoms. The third-order valence-corrected chi connectivity index (χ3v) is 9.01. The van der Waals surface area contributed by atoms with Gasteiger partial charge in [-0.15, -0.1) is 46.4 Å². The predicted molar refractivity (Wildman–Crippen MR) is 139 cm³/mol. The van der Waals surface area contributed by atoms with Crippen molar-refractivity contribution in [1.82, 2.24) is 0 Å². The maximum absolute atomic E-state index is 13.2. The van der Waals surface area contributed by atoms with E-state index in [2.05, 4.69) is 0 Å². The minimum absolute atomic E-state index is 0.0168. The van der Waals surface area contributed by atoms with Gasteiger partial charge in [-0.3, -0.25) is 18.1 Å². The molecule has 0 saturated carbocycles. The molecule has 0 bridgehead atoms. The van der Waals surface area contributed by atoms with Crippen molar-refractivity contribution < 1.29 is 36.3 Å². The van der Waals surface area contributed by atoms with Crippen LogP contribution in [-0.4, -0.2) is 47.9 Å². The summed E-state index contributed by atoms with van der Waals surface area (Å²) in [5, 5.41) is -1.59. The van der Waals surface area contributed by atoms with Crippen LogP contribution < -0.4 is 0 Å². The molecule has 0 spiro atoms. The Morgan fingerprint density at radius 1 is 0.559 bits per heavy atom. The maximum Gasteiger partial charge on any atom is 0.529 e. The van der Waals surface area contributed by atoms with E-state index in [0.717, 1.165) is 0 Å². The van der Waals surface area contributed by atoms with E-state index in [1.54, 1.807) is 0 Å². The van der Waals surface area contributed by atoms with E-state index in [9.17, 15) is 9.13 Å². The van der Waals surface area contributed by atoms with Crippen molar-refractivity contribution in [2.24, 2.45) is 0 Å². The van der Waals surface area contributed by atoms with Gasteiger partial charge in [-0.1, -0.05) is 27.7 Å². The predicted octanol–water partition coefficient (Wildman–Crippen LogP) is 8.62. The van der Waals surface area contributed by atoms with Gasteiger partial charge in [0.1, 0.15) is 11.5 Å². The number of hydrogen-bond donors (Lipinski definition) is 0. The smallest absolute Gasteiger partial charge is 0.405 e. The summed E-state index contributed by atoms with van der Waals surface area (Å²) in [4.78, 5) is 0. The van der Waals surface area contributed by atoms with Crippen LogP contribution in [0.2, 0.25) is 0 Å². The van der Waals surface area contributed by atoms with Crippen molar-refractivity contribution in [2.75, 3.05) is 26.4 Å². The SMILES string of the molecule is CC[C@@H](Cl)COP(=O)(OC[C@H](Cl)CC)O/C(C)=C(/C)OP(=O)(OC[C@H](Cl)CC)OC[C@H](Cl)CC. The maximum atomic E-state index is 13.2. The van der Waals surface area contributed by atoms with Crippen molar-refractivity contribution in [3.63, 3.8) is 0 Å². The van der Waals surface area contributed by atoms with Gasteiger partial charge in [0.25, 0.3) is 0 Å². The molecule has 4 atom stereocenters. The minimum Gasteiger partial charge on any atom is -0.405 e. The van der Waals surface area contributed by atoms with E-state index in [-0.39, 0.29) is 37.9 Å². The van der Waals surface area contributed by atoms with Gasteiger partial charge < -0.3 is 9.05 Å². The lowest BCUT2D eigenvalue weighted by molar-refractivity contribution is 0.117. The Morgan fingerprint density at radius 3 is 0.941 bits per heavy atom. The molecule has 204 valence electrons. The Balaban J connectivity index is 5.60. The summed E-state index contributed by atoms with van der Waals surface area (Å²) in [6.45, 7) is 10.0. The van der Waals surface area contributed by atoms with E-state index in [0.29, 0.717) is 25.7 Å². The first-order chi connectivity index (χ1) is 15.8. The molecule has 0 fully saturated rings. The van der Waals surface area contributed by atoms with Gasteiger partial charge in [0.15, 0.2) is 0 Å². The Morgan fingerprint density at radius 2 is 0.765 bits per heavy atom. The van der Waals surface area contributed by atoms with Crippen LogP contribution in [0.4, 0.5) is 0 Å². The summed E-state index contributed by atoms with van der Waals surface area (Å²) in [6, 6.07) is 0. The zero-order valence-corrected chi connectivity index (χ0v) is 25.5. The van der Waals surface area contributed by atoms with Crippen LogP contribution in [0.25, 0.3) is 0 Å². The Kier molecular flexibility index (Phi) is 18.5. The first-order valence-corrected chi connectivity index (χ1v) is 15.9. The molecule has 0 heterocycles. The molecule has 0 N–H and O–H groups in total. The highest BCUT2D eigenvalue weighted by Crippen LogP contribution is 2.55. The molecule has 0 amide bonds. The van der Waals surface area contributed by atoms with E-state index < -0.39 is 37.2 Å². The lowest BCUT2D eigenvalue weighted by Crippen LogP contribution is -2.14. The van der Waals surface area contributed by atoms with Crippen LogP contribution in [0.15, 0.2) is 11.5 Å². The lowest BCUT2D eigenvalue weighted by Gasteiger charge is -2.24. The molecule has 0 unspecified atom stereocenters. The lowest BCUT2D eigenvalue weighted by atomic mass is 10.4. The van der Waals surface area contributed by atoms with E-state index in [1.165, 1.54) is 13.8 Å². The van der Waals surface area contributed by atoms with Crippen molar-refractivity contribution in [3.8, 4) is 0 Å². The molecule has 14 heteroatoms. The first kappa shape index (κ1) is 34.8. The second kappa shape index (κ2) is 18.1. The summed E-state index contributed by atoms with van der Waals surface area (Å²) in [5.41, 5.74) is 0. The average Bonchev–Trinajstić information content (AvgIpc) is 2.82. The highest BCUT2D eigenvalue weighted by atomic mass is 35.5. The Bertz CT molecular complexity index is 605. The molecule has 0 aromatic carbocycles. The Labute approximate surface area is 224 Å². The normalized spacial score (nSPS) is 17.0. The van der Waals surface area contributed by atoms with Crippen LogP contribution in [-0.2, 0) is 36.3 Å². The third-order valence-electron chi connectivity index (χ3n) is 4.42. The fourth-order valence-electron chi connectivity index (χ4n) is 1.80. The van der Waals surface area contributed by atoms with Gasteiger partial charge in [0, 0.05) is 0 Å². The van der Waals surface area contributed by atoms with Gasteiger partial charge >= 0.3 is 15.6 Å². The number of phosphoric ester groups is 2. The molecule has 0 radical (unpaired) electrons. The molecule has 0 saturated heterocycles. The summed E-state index contributed by atoms with van der Waals surface area (Å²) in [6.07, 6.45) is 2.34. The standard InChI is InChI=1S/C20H38Cl4O8P2/c1-7-17(21)11-27-33(25,28-12-18(22)8-2)31-15(5)16(6)32-34(26,29-13-19(23)9-3)30-14-20(24)10-4/h17-20H,7-14H2,1-6H3/b16-15-/t17-,18-,19-,20-/m1/s1. The zero-order valence-electron chi connectivity index (χ0n) is 20.6. The van der Waals surface area contributed by atoms with E-state index >= 15 is 0 Å². The van der Waals surface area contributed by atoms with Crippen LogP contribution in [0, 0.1) is 0 Å². The molecule has 0 aliphatic carbocycles. The molecule has 8 nitrogen and oxygen atoms in total. The highest BCUT2D eigenvalue weighted by Gasteiger charge is 2.34. The summed E-state index contributed by atoms with van der Waals surface area (Å²) in [7, 11) is -8.24. The van der Waals surface area contributed by atoms with Gasteiger partial charge in [0.2, 0.25) is 0 Å². The largest absolute Gasteiger partial charge is 0.529 e. The third kappa shape index (κ3) is 15.1. The molecule has 0 aliphatic heterocycles. The number of phosphoric acid groups is 2.